The molecule has 0 N–H and O–H groups in total. The van der Waals surface area contributed by atoms with Gasteiger partial charge in [-0.15, -0.1) is 0 Å². The summed E-state index contributed by atoms with van der Waals surface area (Å²) >= 11 is 0. The monoisotopic (exact) mass is 340 g/mol. The molecule has 0 atom stereocenters. The van der Waals surface area contributed by atoms with Crippen LogP contribution in [0, 0.1) is 6.92 Å². The summed E-state index contributed by atoms with van der Waals surface area (Å²) in [6.45, 7) is 2.00. The number of aldehydes is 1. The van der Waals surface area contributed by atoms with Gasteiger partial charge in [0.25, 0.3) is 0 Å². The van der Waals surface area contributed by atoms with Crippen molar-refractivity contribution >= 4 is 16.1 Å². The maximum atomic E-state index is 11.5. The SMILES string of the molecule is Cc1ccc(-n2cc(C=O)c(-c3ccc(S(C)(=O)=O)cc3)n2)cc1. The molecule has 24 heavy (non-hydrogen) atoms. The van der Waals surface area contributed by atoms with E-state index in [1.54, 1.807) is 23.0 Å². The van der Waals surface area contributed by atoms with Crippen LogP contribution >= 0.6 is 0 Å². The molecule has 5 nitrogen and oxygen atoms in total. The molecule has 0 saturated carbocycles. The van der Waals surface area contributed by atoms with Crippen molar-refractivity contribution in [1.82, 2.24) is 9.78 Å². The smallest absolute Gasteiger partial charge is 0.175 e. The van der Waals surface area contributed by atoms with Crippen molar-refractivity contribution in [2.45, 2.75) is 11.8 Å². The number of rotatable bonds is 4. The van der Waals surface area contributed by atoms with Gasteiger partial charge >= 0.3 is 0 Å². The second-order valence-electron chi connectivity index (χ2n) is 5.63. The van der Waals surface area contributed by atoms with Crippen molar-refractivity contribution in [3.8, 4) is 16.9 Å². The van der Waals surface area contributed by atoms with Crippen LogP contribution in [0.15, 0.2) is 59.6 Å². The van der Waals surface area contributed by atoms with Gasteiger partial charge in [-0.2, -0.15) is 5.10 Å². The van der Waals surface area contributed by atoms with Crippen molar-refractivity contribution in [1.29, 1.82) is 0 Å². The third kappa shape index (κ3) is 3.14. The molecule has 0 aliphatic carbocycles. The maximum absolute atomic E-state index is 11.5. The van der Waals surface area contributed by atoms with E-state index in [9.17, 15) is 13.2 Å². The molecule has 0 unspecified atom stereocenters. The minimum atomic E-state index is -3.25. The highest BCUT2D eigenvalue weighted by molar-refractivity contribution is 7.90. The number of nitrogens with zero attached hydrogens (tertiary/aromatic N) is 2. The Labute approximate surface area is 140 Å². The van der Waals surface area contributed by atoms with Gasteiger partial charge in [0.2, 0.25) is 0 Å². The van der Waals surface area contributed by atoms with Crippen molar-refractivity contribution in [3.63, 3.8) is 0 Å². The number of hydrogen-bond donors (Lipinski definition) is 0. The Bertz CT molecular complexity index is 986. The van der Waals surface area contributed by atoms with Gasteiger partial charge < -0.3 is 0 Å². The van der Waals surface area contributed by atoms with E-state index in [4.69, 9.17) is 0 Å². The Kier molecular flexibility index (Phi) is 4.07. The van der Waals surface area contributed by atoms with Crippen LogP contribution in [0.5, 0.6) is 0 Å². The molecular weight excluding hydrogens is 324 g/mol. The molecule has 0 fully saturated rings. The zero-order chi connectivity index (χ0) is 17.3. The number of benzene rings is 2. The molecule has 6 heteroatoms. The van der Waals surface area contributed by atoms with Crippen molar-refractivity contribution < 1.29 is 13.2 Å². The fraction of sp³-hybridized carbons (Fsp3) is 0.111. The molecule has 0 aliphatic rings. The first-order valence-electron chi connectivity index (χ1n) is 7.31. The first kappa shape index (κ1) is 16.1. The summed E-state index contributed by atoms with van der Waals surface area (Å²) < 4.78 is 24.7. The Morgan fingerprint density at radius 2 is 1.62 bits per heavy atom. The van der Waals surface area contributed by atoms with Crippen LogP contribution in [-0.2, 0) is 9.84 Å². The number of carbonyl (C=O) groups excluding carboxylic acids is 1. The lowest BCUT2D eigenvalue weighted by atomic mass is 10.1. The Morgan fingerprint density at radius 1 is 1.00 bits per heavy atom. The molecule has 0 bridgehead atoms. The van der Waals surface area contributed by atoms with Gasteiger partial charge in [-0.3, -0.25) is 4.79 Å². The standard InChI is InChI=1S/C18H16N2O3S/c1-13-3-7-16(8-4-13)20-11-15(12-21)18(19-20)14-5-9-17(10-6-14)24(2,22)23/h3-12H,1-2H3. The van der Waals surface area contributed by atoms with Gasteiger partial charge in [-0.05, 0) is 31.2 Å². The van der Waals surface area contributed by atoms with Crippen LogP contribution in [-0.4, -0.2) is 30.7 Å². The number of aryl methyl sites for hydroxylation is 1. The Balaban J connectivity index is 2.05. The predicted octanol–water partition coefficient (Wildman–Crippen LogP) is 3.06. The fourth-order valence-electron chi connectivity index (χ4n) is 2.39. The first-order valence-corrected chi connectivity index (χ1v) is 9.20. The largest absolute Gasteiger partial charge is 0.298 e. The van der Waals surface area contributed by atoms with Gasteiger partial charge in [0, 0.05) is 18.0 Å². The van der Waals surface area contributed by atoms with E-state index in [1.807, 2.05) is 31.2 Å². The van der Waals surface area contributed by atoms with Gasteiger partial charge in [0.1, 0.15) is 5.69 Å². The lowest BCUT2D eigenvalue weighted by Gasteiger charge is -2.02. The van der Waals surface area contributed by atoms with E-state index in [0.29, 0.717) is 16.8 Å². The average Bonchev–Trinajstić information content (AvgIpc) is 2.99. The zero-order valence-corrected chi connectivity index (χ0v) is 14.1. The minimum absolute atomic E-state index is 0.233. The Hall–Kier alpha value is -2.73. The van der Waals surface area contributed by atoms with E-state index in [2.05, 4.69) is 5.10 Å². The molecule has 122 valence electrons. The maximum Gasteiger partial charge on any atom is 0.175 e. The average molecular weight is 340 g/mol. The summed E-state index contributed by atoms with van der Waals surface area (Å²) in [7, 11) is -3.25. The normalized spacial score (nSPS) is 11.4. The van der Waals surface area contributed by atoms with Crippen molar-refractivity contribution in [2.75, 3.05) is 6.26 Å². The molecule has 1 aromatic heterocycles. The summed E-state index contributed by atoms with van der Waals surface area (Å²) in [5, 5.41) is 4.48. The number of aromatic nitrogens is 2. The van der Waals surface area contributed by atoms with Crippen LogP contribution in [0.2, 0.25) is 0 Å². The molecule has 0 aliphatic heterocycles. The van der Waals surface area contributed by atoms with E-state index in [-0.39, 0.29) is 4.90 Å². The molecule has 0 saturated heterocycles. The summed E-state index contributed by atoms with van der Waals surface area (Å²) in [6.07, 6.45) is 3.57. The predicted molar refractivity (Wildman–Crippen MR) is 92.2 cm³/mol. The highest BCUT2D eigenvalue weighted by Gasteiger charge is 2.13. The fourth-order valence-corrected chi connectivity index (χ4v) is 3.02. The van der Waals surface area contributed by atoms with Crippen LogP contribution in [0.4, 0.5) is 0 Å². The van der Waals surface area contributed by atoms with Gasteiger partial charge in [-0.25, -0.2) is 13.1 Å². The molecule has 3 rings (SSSR count). The third-order valence-corrected chi connectivity index (χ3v) is 4.85. The first-order chi connectivity index (χ1) is 11.4. The summed E-state index contributed by atoms with van der Waals surface area (Å²) in [5.74, 6) is 0. The second kappa shape index (κ2) is 6.05. The third-order valence-electron chi connectivity index (χ3n) is 3.72. The highest BCUT2D eigenvalue weighted by Crippen LogP contribution is 2.24. The Morgan fingerprint density at radius 3 is 2.17 bits per heavy atom. The van der Waals surface area contributed by atoms with Gasteiger partial charge in [0.05, 0.1) is 16.1 Å². The van der Waals surface area contributed by atoms with Crippen molar-refractivity contribution in [2.24, 2.45) is 0 Å². The zero-order valence-electron chi connectivity index (χ0n) is 13.3. The highest BCUT2D eigenvalue weighted by atomic mass is 32.2. The quantitative estimate of drug-likeness (QED) is 0.685. The molecule has 3 aromatic rings. The number of hydrogen-bond acceptors (Lipinski definition) is 4. The van der Waals surface area contributed by atoms with E-state index in [1.165, 1.54) is 12.1 Å². The molecular formula is C18H16N2O3S. The van der Waals surface area contributed by atoms with Crippen molar-refractivity contribution in [3.05, 3.63) is 65.9 Å². The van der Waals surface area contributed by atoms with Crippen LogP contribution in [0.25, 0.3) is 16.9 Å². The number of sulfone groups is 1. The van der Waals surface area contributed by atoms with E-state index >= 15 is 0 Å². The lowest BCUT2D eigenvalue weighted by molar-refractivity contribution is 0.112. The van der Waals surface area contributed by atoms with Gasteiger partial charge in [-0.1, -0.05) is 29.8 Å². The second-order valence-corrected chi connectivity index (χ2v) is 7.64. The molecule has 2 aromatic carbocycles. The van der Waals surface area contributed by atoms with E-state index < -0.39 is 9.84 Å². The topological polar surface area (TPSA) is 69.0 Å². The van der Waals surface area contributed by atoms with Gasteiger partial charge in [0.15, 0.2) is 16.1 Å². The van der Waals surface area contributed by atoms with Crippen LogP contribution in [0.3, 0.4) is 0 Å². The lowest BCUT2D eigenvalue weighted by Crippen LogP contribution is -1.97. The summed E-state index contributed by atoms with van der Waals surface area (Å²) in [6, 6.07) is 14.1. The number of carbonyl (C=O) groups is 1. The summed E-state index contributed by atoms with van der Waals surface area (Å²) in [5.41, 5.74) is 3.64. The molecule has 0 radical (unpaired) electrons. The molecule has 1 heterocycles. The molecule has 0 amide bonds. The van der Waals surface area contributed by atoms with Crippen LogP contribution in [0.1, 0.15) is 15.9 Å². The summed E-state index contributed by atoms with van der Waals surface area (Å²) in [4.78, 5) is 11.6. The molecule has 0 spiro atoms. The van der Waals surface area contributed by atoms with E-state index in [0.717, 1.165) is 23.8 Å². The minimum Gasteiger partial charge on any atom is -0.298 e. The van der Waals surface area contributed by atoms with Crippen LogP contribution < -0.4 is 0 Å².